The number of carboxylic acid groups (broad SMARTS) is 6. The molecule has 0 atom stereocenters. The fraction of sp³-hybridized carbons (Fsp3) is 0.258. The molecule has 29 heteroatoms. The summed E-state index contributed by atoms with van der Waals surface area (Å²) < 4.78 is 22.8. The SMILES string of the molecule is CCc1ccccc1C(=O)NCC(=O)O.CCc1ccccc1SCC(=O)[O-].CNc1ccc(C(=O)NCC(=O)NCC(=O)O)cc1.CNc1ccc(CC(=O)NCC(=O)O)cc1.CNc1ccc(S(=O)(=O)CC(=O)[O-])cc1.CNc1ccc(SCC(=O)[O-])cc1. The van der Waals surface area contributed by atoms with E-state index in [0.717, 1.165) is 56.5 Å². The Morgan fingerprint density at radius 2 is 0.846 bits per heavy atom. The van der Waals surface area contributed by atoms with Crippen LogP contribution in [0.5, 0.6) is 0 Å². The van der Waals surface area contributed by atoms with Crippen molar-refractivity contribution in [2.45, 2.75) is 47.8 Å². The van der Waals surface area contributed by atoms with Crippen LogP contribution >= 0.6 is 23.5 Å². The lowest BCUT2D eigenvalue weighted by molar-refractivity contribution is -0.302. The number of hydrogen-bond donors (Lipinski definition) is 11. The van der Waals surface area contributed by atoms with E-state index in [1.54, 1.807) is 62.6 Å². The Hall–Kier alpha value is -10.1. The van der Waals surface area contributed by atoms with Crippen molar-refractivity contribution in [3.8, 4) is 0 Å². The number of aryl methyl sites for hydroxylation is 2. The van der Waals surface area contributed by atoms with Crippen LogP contribution in [0.4, 0.5) is 22.7 Å². The maximum atomic E-state index is 11.7. The predicted octanol–water partition coefficient (Wildman–Crippen LogP) is 2.11. The van der Waals surface area contributed by atoms with E-state index in [-0.39, 0.29) is 54.3 Å². The summed E-state index contributed by atoms with van der Waals surface area (Å²) >= 11 is 2.58. The zero-order valence-electron chi connectivity index (χ0n) is 50.6. The van der Waals surface area contributed by atoms with Gasteiger partial charge in [-0.3, -0.25) is 33.6 Å². The Morgan fingerprint density at radius 3 is 1.31 bits per heavy atom. The molecule has 0 spiro atoms. The van der Waals surface area contributed by atoms with Crippen LogP contribution in [0.2, 0.25) is 0 Å². The van der Waals surface area contributed by atoms with Crippen LogP contribution in [-0.2, 0) is 67.5 Å². The van der Waals surface area contributed by atoms with Crippen molar-refractivity contribution in [1.82, 2.24) is 21.3 Å². The van der Waals surface area contributed by atoms with Crippen LogP contribution in [0.3, 0.4) is 0 Å². The van der Waals surface area contributed by atoms with Crippen LogP contribution in [0.1, 0.15) is 51.3 Å². The number of carbonyl (C=O) groups excluding carboxylic acids is 7. The standard InChI is InChI=1S/C12H15N3O4.C11H14N2O3.C11H13NO3.C10H12O2S.C9H11NO4S.C9H11NO2S/c1-13-9-4-2-8(3-5-9)12(19)15-6-10(16)14-7-11(17)18;1-12-9-4-2-8(3-5-9)6-10(14)13-7-11(15)16;1-2-8-5-3-4-6-9(8)11(15)12-7-10(13)14;1-2-8-5-3-4-6-9(8)13-7-10(11)12;1-10-7-2-4-8(5-3-7)15(13,14)6-9(11)12;1-10-7-2-4-8(5-3-7)13-6-9(11)12/h2-5,13H,6-7H2,1H3,(H,14,16)(H,15,19)(H,17,18);2-5,12H,6-7H2,1H3,(H,13,14)(H,15,16);3-6H,2,7H2,1H3,(H,12,15)(H,13,14);3-6H,2,7H2,1H3,(H,11,12);2-5,10H,6H2,1H3,(H,11,12);2-5,10H,6H2,1H3,(H,11,12)/p-3. The second-order valence-electron chi connectivity index (χ2n) is 18.0. The van der Waals surface area contributed by atoms with E-state index in [0.29, 0.717) is 11.1 Å². The molecule has 91 heavy (non-hydrogen) atoms. The molecule has 0 heterocycles. The molecule has 490 valence electrons. The van der Waals surface area contributed by atoms with Gasteiger partial charge in [0.05, 0.1) is 41.5 Å². The molecule has 0 radical (unpaired) electrons. The summed E-state index contributed by atoms with van der Waals surface area (Å²) in [7, 11) is 3.34. The highest BCUT2D eigenvalue weighted by Crippen LogP contribution is 2.23. The van der Waals surface area contributed by atoms with E-state index in [9.17, 15) is 71.7 Å². The molecule has 6 aromatic carbocycles. The molecule has 0 aliphatic rings. The van der Waals surface area contributed by atoms with Crippen LogP contribution < -0.4 is 57.9 Å². The number of benzene rings is 6. The first-order chi connectivity index (χ1) is 43.2. The minimum Gasteiger partial charge on any atom is -0.549 e. The normalized spacial score (nSPS) is 9.87. The first-order valence-corrected chi connectivity index (χ1v) is 30.9. The van der Waals surface area contributed by atoms with Crippen molar-refractivity contribution in [1.29, 1.82) is 0 Å². The second-order valence-corrected chi connectivity index (χ2v) is 22.1. The number of nitrogens with one attached hydrogen (secondary N) is 8. The van der Waals surface area contributed by atoms with Gasteiger partial charge in [-0.05, 0) is 127 Å². The smallest absolute Gasteiger partial charge is 0.322 e. The molecule has 0 saturated carbocycles. The van der Waals surface area contributed by atoms with E-state index in [1.807, 2.05) is 106 Å². The zero-order valence-corrected chi connectivity index (χ0v) is 53.1. The molecule has 26 nitrogen and oxygen atoms in total. The molecular formula is C62H73N8O18S3-3. The largest absolute Gasteiger partial charge is 0.549 e. The van der Waals surface area contributed by atoms with Crippen molar-refractivity contribution >= 4 is 116 Å². The van der Waals surface area contributed by atoms with E-state index in [4.69, 9.17) is 15.3 Å². The third-order valence-corrected chi connectivity index (χ3v) is 15.1. The molecule has 0 unspecified atom stereocenters. The number of carboxylic acids is 6. The quantitative estimate of drug-likeness (QED) is 0.0329. The zero-order chi connectivity index (χ0) is 68.3. The maximum absolute atomic E-state index is 11.7. The van der Waals surface area contributed by atoms with Crippen molar-refractivity contribution in [3.63, 3.8) is 0 Å². The number of amides is 4. The monoisotopic (exact) mass is 1310 g/mol. The Bertz CT molecular complexity index is 3410. The lowest BCUT2D eigenvalue weighted by Crippen LogP contribution is -2.39. The Morgan fingerprint density at radius 1 is 0.440 bits per heavy atom. The van der Waals surface area contributed by atoms with Gasteiger partial charge in [-0.15, -0.1) is 23.5 Å². The number of carbonyl (C=O) groups is 10. The van der Waals surface area contributed by atoms with Gasteiger partial charge in [-0.2, -0.15) is 0 Å². The van der Waals surface area contributed by atoms with Crippen LogP contribution in [-0.4, -0.2) is 155 Å². The van der Waals surface area contributed by atoms with Crippen molar-refractivity contribution in [2.75, 3.05) is 92.9 Å². The number of hydrogen-bond acceptors (Lipinski definition) is 21. The van der Waals surface area contributed by atoms with E-state index < -0.39 is 69.8 Å². The summed E-state index contributed by atoms with van der Waals surface area (Å²) in [5.74, 6) is -9.43. The second kappa shape index (κ2) is 44.3. The molecule has 0 saturated heterocycles. The van der Waals surface area contributed by atoms with Crippen molar-refractivity contribution in [2.24, 2.45) is 0 Å². The van der Waals surface area contributed by atoms with Gasteiger partial charge in [0.25, 0.3) is 11.8 Å². The molecule has 0 aliphatic heterocycles. The Kier molecular flexibility index (Phi) is 38.4. The molecule has 0 aromatic heterocycles. The van der Waals surface area contributed by atoms with Gasteiger partial charge in [0.15, 0.2) is 9.84 Å². The van der Waals surface area contributed by atoms with Gasteiger partial charge >= 0.3 is 17.9 Å². The van der Waals surface area contributed by atoms with E-state index in [2.05, 4.69) is 49.5 Å². The van der Waals surface area contributed by atoms with Crippen molar-refractivity contribution in [3.05, 3.63) is 173 Å². The highest BCUT2D eigenvalue weighted by atomic mass is 32.2. The molecule has 0 bridgehead atoms. The van der Waals surface area contributed by atoms with Gasteiger partial charge in [-0.25, -0.2) is 8.42 Å². The minimum absolute atomic E-state index is 0.00109. The molecule has 11 N–H and O–H groups in total. The summed E-state index contributed by atoms with van der Waals surface area (Å²) in [6.07, 6.45) is 1.87. The number of rotatable bonds is 27. The summed E-state index contributed by atoms with van der Waals surface area (Å²) in [5, 5.41) is 76.6. The summed E-state index contributed by atoms with van der Waals surface area (Å²) in [6.45, 7) is 2.58. The average molecular weight is 1310 g/mol. The molecule has 0 fully saturated rings. The highest BCUT2D eigenvalue weighted by Gasteiger charge is 2.15. The Balaban J connectivity index is 0.000000548. The fourth-order valence-corrected chi connectivity index (χ4v) is 9.29. The predicted molar refractivity (Wildman–Crippen MR) is 341 cm³/mol. The first-order valence-electron chi connectivity index (χ1n) is 27.3. The Labute approximate surface area is 535 Å². The number of sulfone groups is 1. The molecule has 6 rings (SSSR count). The third-order valence-electron chi connectivity index (χ3n) is 11.4. The van der Waals surface area contributed by atoms with Gasteiger partial charge in [0.2, 0.25) is 11.8 Å². The van der Waals surface area contributed by atoms with Crippen molar-refractivity contribution < 1.29 is 87.0 Å². The minimum atomic E-state index is -3.77. The number of thioether (sulfide) groups is 2. The number of anilines is 4. The van der Waals surface area contributed by atoms with E-state index in [1.165, 1.54) is 41.2 Å². The lowest BCUT2D eigenvalue weighted by Gasteiger charge is -2.06. The molecule has 0 aliphatic carbocycles. The summed E-state index contributed by atoms with van der Waals surface area (Å²) in [6, 6.07) is 42.4. The lowest BCUT2D eigenvalue weighted by atomic mass is 10.0. The molecular weight excluding hydrogens is 1240 g/mol. The highest BCUT2D eigenvalue weighted by molar-refractivity contribution is 8.00. The van der Waals surface area contributed by atoms with Crippen LogP contribution in [0.25, 0.3) is 0 Å². The fourth-order valence-electron chi connectivity index (χ4n) is 6.80. The average Bonchev–Trinajstić information content (AvgIpc) is 3.74. The number of aliphatic carboxylic acids is 6. The van der Waals surface area contributed by atoms with E-state index >= 15 is 0 Å². The third kappa shape index (κ3) is 35.5. The molecule has 4 amide bonds. The van der Waals surface area contributed by atoms with Crippen LogP contribution in [0, 0.1) is 0 Å². The first kappa shape index (κ1) is 78.9. The van der Waals surface area contributed by atoms with Gasteiger partial charge in [-0.1, -0.05) is 62.4 Å². The van der Waals surface area contributed by atoms with Gasteiger partial charge in [0, 0.05) is 83.4 Å². The van der Waals surface area contributed by atoms with Gasteiger partial charge < -0.3 is 87.6 Å². The topological polar surface area (TPSA) is 431 Å². The molecule has 6 aromatic rings. The maximum Gasteiger partial charge on any atom is 0.322 e. The summed E-state index contributed by atoms with van der Waals surface area (Å²) in [5.41, 5.74) is 7.52. The van der Waals surface area contributed by atoms with Gasteiger partial charge in [0.1, 0.15) is 19.6 Å². The summed E-state index contributed by atoms with van der Waals surface area (Å²) in [4.78, 5) is 109. The van der Waals surface area contributed by atoms with Crippen LogP contribution in [0.15, 0.2) is 160 Å².